The largest absolute Gasteiger partial charge is 0.520 e. The van der Waals surface area contributed by atoms with Gasteiger partial charge in [0.1, 0.15) is 5.75 Å². The minimum atomic E-state index is -2.15. The molecule has 0 aliphatic rings. The molecule has 27 heavy (non-hydrogen) atoms. The van der Waals surface area contributed by atoms with Crippen molar-refractivity contribution in [1.82, 2.24) is 0 Å². The highest BCUT2D eigenvalue weighted by atomic mass is 28.4. The Morgan fingerprint density at radius 1 is 0.778 bits per heavy atom. The van der Waals surface area contributed by atoms with Crippen LogP contribution in [0.25, 0.3) is 0 Å². The van der Waals surface area contributed by atoms with Crippen molar-refractivity contribution in [3.8, 4) is 11.8 Å². The fraction of sp³-hybridized carbons (Fsp3) is 0.696. The molecule has 0 aromatic heterocycles. The summed E-state index contributed by atoms with van der Waals surface area (Å²) in [5.74, 6) is 0.792. The Balaban J connectivity index is 1.98. The summed E-state index contributed by atoms with van der Waals surface area (Å²) in [4.78, 5) is 0. The molecular formula is C23H39NO2Si. The Morgan fingerprint density at radius 2 is 1.26 bits per heavy atom. The van der Waals surface area contributed by atoms with E-state index in [0.717, 1.165) is 18.8 Å². The third kappa shape index (κ3) is 12.7. The van der Waals surface area contributed by atoms with E-state index in [4.69, 9.17) is 14.1 Å². The molecule has 0 atom stereocenters. The van der Waals surface area contributed by atoms with Gasteiger partial charge < -0.3 is 8.85 Å². The quantitative estimate of drug-likeness (QED) is 0.219. The van der Waals surface area contributed by atoms with Gasteiger partial charge in [-0.05, 0) is 43.8 Å². The van der Waals surface area contributed by atoms with Gasteiger partial charge in [0.25, 0.3) is 0 Å². The van der Waals surface area contributed by atoms with Gasteiger partial charge in [0.15, 0.2) is 0 Å². The van der Waals surface area contributed by atoms with Crippen LogP contribution in [-0.2, 0) is 4.43 Å². The van der Waals surface area contributed by atoms with E-state index in [2.05, 4.69) is 26.1 Å². The summed E-state index contributed by atoms with van der Waals surface area (Å²) < 4.78 is 12.0. The van der Waals surface area contributed by atoms with E-state index in [0.29, 0.717) is 5.56 Å². The van der Waals surface area contributed by atoms with Crippen LogP contribution in [0, 0.1) is 11.3 Å². The van der Waals surface area contributed by atoms with Crippen LogP contribution in [0.1, 0.15) is 89.5 Å². The molecule has 0 heterocycles. The Morgan fingerprint density at radius 3 is 1.74 bits per heavy atom. The lowest BCUT2D eigenvalue weighted by molar-refractivity contribution is 0.240. The highest BCUT2D eigenvalue weighted by molar-refractivity contribution is 6.65. The van der Waals surface area contributed by atoms with Gasteiger partial charge >= 0.3 is 8.56 Å². The lowest BCUT2D eigenvalue weighted by Gasteiger charge is -2.23. The zero-order chi connectivity index (χ0) is 19.8. The Bertz CT molecular complexity index is 522. The molecule has 0 radical (unpaired) electrons. The smallest absolute Gasteiger partial charge is 0.392 e. The Hall–Kier alpha value is -1.31. The fourth-order valence-electron chi connectivity index (χ4n) is 3.17. The molecule has 1 aromatic carbocycles. The van der Waals surface area contributed by atoms with Gasteiger partial charge in [-0.25, -0.2) is 0 Å². The molecule has 0 unspecified atom stereocenters. The zero-order valence-electron chi connectivity index (χ0n) is 17.8. The average molecular weight is 390 g/mol. The minimum absolute atomic E-state index is 0.652. The first-order valence-corrected chi connectivity index (χ1v) is 13.7. The molecule has 0 saturated heterocycles. The number of nitrogens with zero attached hydrogens (tertiary/aromatic N) is 1. The molecular weight excluding hydrogens is 350 g/mol. The first-order chi connectivity index (χ1) is 13.1. The second-order valence-electron chi connectivity index (χ2n) is 7.88. The average Bonchev–Trinajstić information content (AvgIpc) is 2.66. The van der Waals surface area contributed by atoms with Crippen LogP contribution in [-0.4, -0.2) is 15.2 Å². The summed E-state index contributed by atoms with van der Waals surface area (Å²) in [5.41, 5.74) is 0.652. The molecule has 152 valence electrons. The van der Waals surface area contributed by atoms with Crippen molar-refractivity contribution in [1.29, 1.82) is 5.26 Å². The Labute approximate surface area is 168 Å². The summed E-state index contributed by atoms with van der Waals surface area (Å²) in [6, 6.07) is 9.38. The number of unbranched alkanes of at least 4 members (excludes halogenated alkanes) is 11. The van der Waals surface area contributed by atoms with Gasteiger partial charge in [-0.15, -0.1) is 0 Å². The van der Waals surface area contributed by atoms with Crippen LogP contribution < -0.4 is 4.43 Å². The molecule has 1 rings (SSSR count). The number of hydrogen-bond acceptors (Lipinski definition) is 3. The van der Waals surface area contributed by atoms with Gasteiger partial charge in [0, 0.05) is 6.61 Å². The van der Waals surface area contributed by atoms with Crippen LogP contribution in [0.2, 0.25) is 13.1 Å². The second kappa shape index (κ2) is 14.7. The van der Waals surface area contributed by atoms with E-state index in [9.17, 15) is 0 Å². The summed E-state index contributed by atoms with van der Waals surface area (Å²) in [5, 5.41) is 8.84. The third-order valence-corrected chi connectivity index (χ3v) is 6.42. The summed E-state index contributed by atoms with van der Waals surface area (Å²) in [6.07, 6.45) is 16.3. The van der Waals surface area contributed by atoms with Gasteiger partial charge in [-0.3, -0.25) is 0 Å². The van der Waals surface area contributed by atoms with Crippen molar-refractivity contribution >= 4 is 8.56 Å². The standard InChI is InChI=1S/C23H39NO2Si/c1-4-5-6-7-8-9-10-11-12-13-14-15-20-25-27(2,3)26-23-18-16-22(21-24)17-19-23/h16-19H,4-15,20H2,1-3H3. The normalized spacial score (nSPS) is 11.3. The molecule has 0 saturated carbocycles. The van der Waals surface area contributed by atoms with Crippen LogP contribution in [0.3, 0.4) is 0 Å². The highest BCUT2D eigenvalue weighted by Gasteiger charge is 2.26. The molecule has 0 aliphatic carbocycles. The van der Waals surface area contributed by atoms with Gasteiger partial charge in [-0.2, -0.15) is 5.26 Å². The predicted molar refractivity (Wildman–Crippen MR) is 116 cm³/mol. The summed E-state index contributed by atoms with van der Waals surface area (Å²) in [7, 11) is -2.15. The number of rotatable bonds is 16. The van der Waals surface area contributed by atoms with Crippen LogP contribution in [0.4, 0.5) is 0 Å². The lowest BCUT2D eigenvalue weighted by atomic mass is 10.1. The number of benzene rings is 1. The topological polar surface area (TPSA) is 42.2 Å². The highest BCUT2D eigenvalue weighted by Crippen LogP contribution is 2.18. The fourth-order valence-corrected chi connectivity index (χ4v) is 4.57. The first kappa shape index (κ1) is 23.7. The van der Waals surface area contributed by atoms with E-state index >= 15 is 0 Å². The maximum Gasteiger partial charge on any atom is 0.392 e. The van der Waals surface area contributed by atoms with E-state index in [1.54, 1.807) is 12.1 Å². The SMILES string of the molecule is CCCCCCCCCCCCCCO[Si](C)(C)Oc1ccc(C#N)cc1. The van der Waals surface area contributed by atoms with E-state index in [-0.39, 0.29) is 0 Å². The second-order valence-corrected chi connectivity index (χ2v) is 11.2. The maximum absolute atomic E-state index is 8.84. The van der Waals surface area contributed by atoms with Crippen molar-refractivity contribution in [3.63, 3.8) is 0 Å². The van der Waals surface area contributed by atoms with Crippen molar-refractivity contribution in [2.45, 2.75) is 97.1 Å². The molecule has 0 fully saturated rings. The van der Waals surface area contributed by atoms with Crippen LogP contribution in [0.5, 0.6) is 5.75 Å². The minimum Gasteiger partial charge on any atom is -0.520 e. The van der Waals surface area contributed by atoms with Crippen molar-refractivity contribution < 1.29 is 8.85 Å². The van der Waals surface area contributed by atoms with E-state index < -0.39 is 8.56 Å². The predicted octanol–water partition coefficient (Wildman–Crippen LogP) is 7.36. The molecule has 0 spiro atoms. The summed E-state index contributed by atoms with van der Waals surface area (Å²) in [6.45, 7) is 7.21. The molecule has 0 N–H and O–H groups in total. The molecule has 0 bridgehead atoms. The number of hydrogen-bond donors (Lipinski definition) is 0. The maximum atomic E-state index is 8.84. The monoisotopic (exact) mass is 389 g/mol. The third-order valence-electron chi connectivity index (χ3n) is 4.79. The molecule has 4 heteroatoms. The van der Waals surface area contributed by atoms with Gasteiger partial charge in [0.2, 0.25) is 0 Å². The van der Waals surface area contributed by atoms with Crippen LogP contribution >= 0.6 is 0 Å². The molecule has 1 aromatic rings. The van der Waals surface area contributed by atoms with Gasteiger partial charge in [0.05, 0.1) is 11.6 Å². The van der Waals surface area contributed by atoms with Crippen molar-refractivity contribution in [2.24, 2.45) is 0 Å². The lowest BCUT2D eigenvalue weighted by Crippen LogP contribution is -2.38. The molecule has 0 amide bonds. The first-order valence-electron chi connectivity index (χ1n) is 10.9. The van der Waals surface area contributed by atoms with Gasteiger partial charge in [-0.1, -0.05) is 77.6 Å². The van der Waals surface area contributed by atoms with Crippen molar-refractivity contribution in [3.05, 3.63) is 29.8 Å². The number of nitriles is 1. The van der Waals surface area contributed by atoms with E-state index in [1.807, 2.05) is 12.1 Å². The zero-order valence-corrected chi connectivity index (χ0v) is 18.8. The van der Waals surface area contributed by atoms with Crippen molar-refractivity contribution in [2.75, 3.05) is 6.61 Å². The summed E-state index contributed by atoms with van der Waals surface area (Å²) >= 11 is 0. The molecule has 0 aliphatic heterocycles. The molecule has 3 nitrogen and oxygen atoms in total. The van der Waals surface area contributed by atoms with E-state index in [1.165, 1.54) is 70.6 Å². The Kier molecular flexibility index (Phi) is 12.9. The van der Waals surface area contributed by atoms with Crippen LogP contribution in [0.15, 0.2) is 24.3 Å².